The number of anilines is 1. The Morgan fingerprint density at radius 2 is 1.60 bits per heavy atom. The SMILES string of the molecule is COc1ccc(CN(C(=O)CSc2nc3ccccc3o2)c2cc(OC)c(OC)c(OC)c2)cc1. The molecule has 0 bridgehead atoms. The number of oxazole rings is 1. The molecule has 4 aromatic rings. The van der Waals surface area contributed by atoms with Gasteiger partial charge >= 0.3 is 0 Å². The van der Waals surface area contributed by atoms with Crippen LogP contribution in [0.4, 0.5) is 5.69 Å². The van der Waals surface area contributed by atoms with Crippen LogP contribution < -0.4 is 23.8 Å². The fourth-order valence-electron chi connectivity index (χ4n) is 3.57. The van der Waals surface area contributed by atoms with Crippen LogP contribution in [0.3, 0.4) is 0 Å². The molecule has 0 radical (unpaired) electrons. The van der Waals surface area contributed by atoms with Gasteiger partial charge < -0.3 is 28.3 Å². The Kier molecular flexibility index (Phi) is 7.67. The van der Waals surface area contributed by atoms with E-state index in [-0.39, 0.29) is 11.7 Å². The third-order valence-corrected chi connectivity index (χ3v) is 6.17. The topological polar surface area (TPSA) is 83.3 Å². The minimum atomic E-state index is -0.137. The molecule has 9 heteroatoms. The number of carbonyl (C=O) groups is 1. The summed E-state index contributed by atoms with van der Waals surface area (Å²) in [7, 11) is 6.24. The molecule has 0 aliphatic heterocycles. The van der Waals surface area contributed by atoms with Crippen LogP contribution in [0.15, 0.2) is 70.3 Å². The quantitative estimate of drug-likeness (QED) is 0.279. The fraction of sp³-hybridized carbons (Fsp3) is 0.231. The van der Waals surface area contributed by atoms with Gasteiger partial charge in [-0.1, -0.05) is 36.0 Å². The van der Waals surface area contributed by atoms with Crippen molar-refractivity contribution < 1.29 is 28.2 Å². The van der Waals surface area contributed by atoms with E-state index >= 15 is 0 Å². The van der Waals surface area contributed by atoms with Crippen LogP contribution in [-0.2, 0) is 11.3 Å². The average Bonchev–Trinajstić information content (AvgIpc) is 3.33. The summed E-state index contributed by atoms with van der Waals surface area (Å²) in [6, 6.07) is 18.6. The fourth-order valence-corrected chi connectivity index (χ4v) is 4.29. The molecule has 0 saturated carbocycles. The summed E-state index contributed by atoms with van der Waals surface area (Å²) in [5, 5.41) is 0.439. The first-order chi connectivity index (χ1) is 17.1. The van der Waals surface area contributed by atoms with Gasteiger partial charge in [0, 0.05) is 12.1 Å². The Labute approximate surface area is 207 Å². The Balaban J connectivity index is 1.64. The highest BCUT2D eigenvalue weighted by Crippen LogP contribution is 2.41. The summed E-state index contributed by atoms with van der Waals surface area (Å²) in [6.07, 6.45) is 0. The standard InChI is InChI=1S/C26H26N2O6S/c1-30-19-11-9-17(10-12-19)15-28(18-13-22(31-2)25(33-4)23(14-18)32-3)24(29)16-35-26-27-20-7-5-6-8-21(20)34-26/h5-14H,15-16H2,1-4H3. The number of nitrogens with zero attached hydrogens (tertiary/aromatic N) is 2. The molecule has 1 heterocycles. The van der Waals surface area contributed by atoms with Crippen molar-refractivity contribution in [3.8, 4) is 23.0 Å². The second kappa shape index (κ2) is 11.1. The van der Waals surface area contributed by atoms with Crippen molar-refractivity contribution in [2.24, 2.45) is 0 Å². The van der Waals surface area contributed by atoms with Gasteiger partial charge in [-0.3, -0.25) is 4.79 Å². The molecular formula is C26H26N2O6S. The van der Waals surface area contributed by atoms with E-state index in [2.05, 4.69) is 4.98 Å². The van der Waals surface area contributed by atoms with Crippen molar-refractivity contribution in [3.63, 3.8) is 0 Å². The van der Waals surface area contributed by atoms with E-state index in [9.17, 15) is 4.79 Å². The minimum absolute atomic E-state index is 0.125. The Bertz CT molecular complexity index is 1250. The van der Waals surface area contributed by atoms with E-state index in [1.807, 2.05) is 48.5 Å². The largest absolute Gasteiger partial charge is 0.497 e. The molecule has 3 aromatic carbocycles. The van der Waals surface area contributed by atoms with Crippen LogP contribution in [0, 0.1) is 0 Å². The molecule has 0 aliphatic carbocycles. The number of aromatic nitrogens is 1. The van der Waals surface area contributed by atoms with Crippen molar-refractivity contribution in [3.05, 3.63) is 66.2 Å². The van der Waals surface area contributed by atoms with E-state index < -0.39 is 0 Å². The Morgan fingerprint density at radius 3 is 2.20 bits per heavy atom. The summed E-state index contributed by atoms with van der Waals surface area (Å²) in [5.41, 5.74) is 2.97. The van der Waals surface area contributed by atoms with E-state index in [1.54, 1.807) is 38.4 Å². The Hall–Kier alpha value is -3.85. The predicted molar refractivity (Wildman–Crippen MR) is 135 cm³/mol. The van der Waals surface area contributed by atoms with E-state index in [1.165, 1.54) is 18.9 Å². The second-order valence-electron chi connectivity index (χ2n) is 7.45. The molecule has 0 spiro atoms. The number of para-hydroxylation sites is 2. The number of thioether (sulfide) groups is 1. The van der Waals surface area contributed by atoms with Crippen LogP contribution in [0.25, 0.3) is 11.1 Å². The maximum Gasteiger partial charge on any atom is 0.257 e. The minimum Gasteiger partial charge on any atom is -0.497 e. The first-order valence-corrected chi connectivity index (χ1v) is 11.8. The van der Waals surface area contributed by atoms with Gasteiger partial charge in [0.2, 0.25) is 11.7 Å². The van der Waals surface area contributed by atoms with Crippen LogP contribution in [0.2, 0.25) is 0 Å². The number of methoxy groups -OCH3 is 4. The molecule has 0 atom stereocenters. The maximum atomic E-state index is 13.5. The number of hydrogen-bond donors (Lipinski definition) is 0. The molecule has 1 amide bonds. The molecule has 8 nitrogen and oxygen atoms in total. The van der Waals surface area contributed by atoms with Gasteiger partial charge in [-0.05, 0) is 29.8 Å². The number of fused-ring (bicyclic) bond motifs is 1. The van der Waals surface area contributed by atoms with Gasteiger partial charge in [-0.15, -0.1) is 0 Å². The lowest BCUT2D eigenvalue weighted by molar-refractivity contribution is -0.116. The molecule has 0 N–H and O–H groups in total. The molecule has 4 rings (SSSR count). The van der Waals surface area contributed by atoms with E-state index in [0.717, 1.165) is 16.8 Å². The highest BCUT2D eigenvalue weighted by atomic mass is 32.2. The van der Waals surface area contributed by atoms with Crippen molar-refractivity contribution in [2.75, 3.05) is 39.1 Å². The first kappa shape index (κ1) is 24.3. The lowest BCUT2D eigenvalue weighted by atomic mass is 10.1. The lowest BCUT2D eigenvalue weighted by Gasteiger charge is -2.25. The van der Waals surface area contributed by atoms with Crippen molar-refractivity contribution >= 4 is 34.5 Å². The third kappa shape index (κ3) is 5.46. The number of rotatable bonds is 10. The highest BCUT2D eigenvalue weighted by molar-refractivity contribution is 7.99. The van der Waals surface area contributed by atoms with Gasteiger partial charge in [0.15, 0.2) is 17.1 Å². The number of amides is 1. The summed E-state index contributed by atoms with van der Waals surface area (Å²) in [6.45, 7) is 0.329. The van der Waals surface area contributed by atoms with E-state index in [0.29, 0.717) is 40.3 Å². The molecule has 0 unspecified atom stereocenters. The van der Waals surface area contributed by atoms with Gasteiger partial charge in [0.25, 0.3) is 5.22 Å². The van der Waals surface area contributed by atoms with Crippen LogP contribution >= 0.6 is 11.8 Å². The molecule has 1 aromatic heterocycles. The van der Waals surface area contributed by atoms with Crippen LogP contribution in [-0.4, -0.2) is 45.1 Å². The highest BCUT2D eigenvalue weighted by Gasteiger charge is 2.22. The van der Waals surface area contributed by atoms with Gasteiger partial charge in [-0.2, -0.15) is 0 Å². The first-order valence-electron chi connectivity index (χ1n) is 10.8. The maximum absolute atomic E-state index is 13.5. The number of ether oxygens (including phenoxy) is 4. The van der Waals surface area contributed by atoms with Gasteiger partial charge in [-0.25, -0.2) is 4.98 Å². The monoisotopic (exact) mass is 494 g/mol. The summed E-state index contributed by atoms with van der Waals surface area (Å²) in [4.78, 5) is 19.6. The molecule has 0 saturated heterocycles. The molecule has 0 aliphatic rings. The normalized spacial score (nSPS) is 10.7. The second-order valence-corrected chi connectivity index (χ2v) is 8.37. The van der Waals surface area contributed by atoms with Gasteiger partial charge in [0.1, 0.15) is 11.3 Å². The molecule has 0 fully saturated rings. The number of carbonyl (C=O) groups excluding carboxylic acids is 1. The zero-order valence-corrected chi connectivity index (χ0v) is 20.8. The van der Waals surface area contributed by atoms with Crippen molar-refractivity contribution in [1.82, 2.24) is 4.98 Å². The van der Waals surface area contributed by atoms with Crippen molar-refractivity contribution in [1.29, 1.82) is 0 Å². The molecule has 35 heavy (non-hydrogen) atoms. The summed E-state index contributed by atoms with van der Waals surface area (Å²) >= 11 is 1.25. The smallest absolute Gasteiger partial charge is 0.257 e. The Morgan fingerprint density at radius 1 is 0.914 bits per heavy atom. The van der Waals surface area contributed by atoms with Crippen LogP contribution in [0.5, 0.6) is 23.0 Å². The zero-order valence-electron chi connectivity index (χ0n) is 19.9. The molecular weight excluding hydrogens is 468 g/mol. The zero-order chi connectivity index (χ0) is 24.8. The van der Waals surface area contributed by atoms with Crippen molar-refractivity contribution in [2.45, 2.75) is 11.8 Å². The van der Waals surface area contributed by atoms with Crippen LogP contribution in [0.1, 0.15) is 5.56 Å². The summed E-state index contributed by atoms with van der Waals surface area (Å²) in [5.74, 6) is 2.10. The predicted octanol–water partition coefficient (Wildman–Crippen LogP) is 5.19. The number of hydrogen-bond acceptors (Lipinski definition) is 8. The average molecular weight is 495 g/mol. The summed E-state index contributed by atoms with van der Waals surface area (Å²) < 4.78 is 27.5. The van der Waals surface area contributed by atoms with Gasteiger partial charge in [0.05, 0.1) is 46.4 Å². The van der Waals surface area contributed by atoms with E-state index in [4.69, 9.17) is 23.4 Å². The molecule has 182 valence electrons. The lowest BCUT2D eigenvalue weighted by Crippen LogP contribution is -2.32. The number of benzene rings is 3. The third-order valence-electron chi connectivity index (χ3n) is 5.36.